The second-order valence-electron chi connectivity index (χ2n) is 12.8. The molecule has 10 rings (SSSR count). The topological polar surface area (TPSA) is 13.1 Å². The zero-order valence-electron chi connectivity index (χ0n) is 32.5. The third-order valence-corrected chi connectivity index (χ3v) is 9.99. The van der Waals surface area contributed by atoms with Crippen LogP contribution >= 0.6 is 0 Å². The highest BCUT2D eigenvalue weighted by molar-refractivity contribution is 6.26. The van der Waals surface area contributed by atoms with E-state index in [1.807, 2.05) is 36.4 Å². The van der Waals surface area contributed by atoms with Gasteiger partial charge in [0.25, 0.3) is 0 Å². The fourth-order valence-corrected chi connectivity index (χ4v) is 7.72. The molecular formula is C50H32O. The van der Waals surface area contributed by atoms with Crippen LogP contribution in [-0.4, -0.2) is 0 Å². The Hall–Kier alpha value is -6.70. The summed E-state index contributed by atoms with van der Waals surface area (Å²) in [5.41, 5.74) is 11.2. The average molecular weight is 654 g/mol. The van der Waals surface area contributed by atoms with E-state index in [1.165, 1.54) is 0 Å². The second-order valence-corrected chi connectivity index (χ2v) is 12.8. The van der Waals surface area contributed by atoms with E-state index in [1.54, 1.807) is 0 Å². The Balaban J connectivity index is 1.18. The Labute approximate surface area is 303 Å². The van der Waals surface area contributed by atoms with Crippen molar-refractivity contribution in [1.82, 2.24) is 0 Å². The Morgan fingerprint density at radius 3 is 1.55 bits per heavy atom. The lowest BCUT2D eigenvalue weighted by molar-refractivity contribution is 0.669. The third kappa shape index (κ3) is 4.86. The SMILES string of the molecule is [2H]c1c([2H])c([2H])c(-c2ccc(-c3ccccc3-c3c4ccccc4c(-c4cccc5oc6cc(-c7ccccc7)ccc6c45)c4ccccc34)cc2)c([2H])c1[2H]. The van der Waals surface area contributed by atoms with E-state index in [-0.39, 0.29) is 29.7 Å². The summed E-state index contributed by atoms with van der Waals surface area (Å²) >= 11 is 0. The molecule has 238 valence electrons. The molecule has 1 heterocycles. The van der Waals surface area contributed by atoms with Crippen molar-refractivity contribution >= 4 is 43.5 Å². The maximum atomic E-state index is 8.51. The monoisotopic (exact) mass is 653 g/mol. The van der Waals surface area contributed by atoms with Gasteiger partial charge in [-0.1, -0.05) is 176 Å². The smallest absolute Gasteiger partial charge is 0.136 e. The molecule has 0 aliphatic heterocycles. The zero-order valence-corrected chi connectivity index (χ0v) is 27.5. The van der Waals surface area contributed by atoms with Crippen LogP contribution in [0.5, 0.6) is 0 Å². The van der Waals surface area contributed by atoms with Gasteiger partial charge in [-0.25, -0.2) is 0 Å². The van der Waals surface area contributed by atoms with E-state index in [0.29, 0.717) is 5.56 Å². The van der Waals surface area contributed by atoms with E-state index in [9.17, 15) is 0 Å². The molecule has 0 saturated heterocycles. The summed E-state index contributed by atoms with van der Waals surface area (Å²) in [7, 11) is 0. The first-order chi connectivity index (χ1) is 27.4. The number of hydrogen-bond donors (Lipinski definition) is 0. The summed E-state index contributed by atoms with van der Waals surface area (Å²) in [6, 6.07) is 55.0. The van der Waals surface area contributed by atoms with E-state index >= 15 is 0 Å². The molecule has 0 spiro atoms. The minimum atomic E-state index is -0.396. The van der Waals surface area contributed by atoms with E-state index in [4.69, 9.17) is 11.3 Å². The van der Waals surface area contributed by atoms with Crippen molar-refractivity contribution in [1.29, 1.82) is 0 Å². The van der Waals surface area contributed by atoms with Gasteiger partial charge in [0.05, 0.1) is 6.85 Å². The molecule has 10 aromatic rings. The number of hydrogen-bond acceptors (Lipinski definition) is 1. The van der Waals surface area contributed by atoms with Gasteiger partial charge in [0.2, 0.25) is 0 Å². The van der Waals surface area contributed by atoms with Crippen molar-refractivity contribution in [3.63, 3.8) is 0 Å². The summed E-state index contributed by atoms with van der Waals surface area (Å²) in [5, 5.41) is 6.68. The number of rotatable bonds is 5. The lowest BCUT2D eigenvalue weighted by atomic mass is 9.83. The molecule has 1 aromatic heterocycles. The van der Waals surface area contributed by atoms with Crippen molar-refractivity contribution < 1.29 is 11.3 Å². The fraction of sp³-hybridized carbons (Fsp3) is 0. The van der Waals surface area contributed by atoms with Crippen LogP contribution in [0.4, 0.5) is 0 Å². The minimum absolute atomic E-state index is 0.195. The fourth-order valence-electron chi connectivity index (χ4n) is 7.72. The largest absolute Gasteiger partial charge is 0.456 e. The summed E-state index contributed by atoms with van der Waals surface area (Å²) in [6.45, 7) is 0. The summed E-state index contributed by atoms with van der Waals surface area (Å²) in [5.74, 6) is 0. The molecular weight excluding hydrogens is 617 g/mol. The van der Waals surface area contributed by atoms with Crippen LogP contribution in [0.2, 0.25) is 0 Å². The van der Waals surface area contributed by atoms with Gasteiger partial charge in [-0.2, -0.15) is 0 Å². The molecule has 0 radical (unpaired) electrons. The van der Waals surface area contributed by atoms with E-state index in [2.05, 4.69) is 127 Å². The van der Waals surface area contributed by atoms with Crippen molar-refractivity contribution in [2.24, 2.45) is 0 Å². The van der Waals surface area contributed by atoms with Crippen molar-refractivity contribution in [2.75, 3.05) is 0 Å². The van der Waals surface area contributed by atoms with Crippen LogP contribution in [-0.2, 0) is 0 Å². The van der Waals surface area contributed by atoms with Gasteiger partial charge in [0, 0.05) is 10.8 Å². The molecule has 0 aliphatic rings. The lowest BCUT2D eigenvalue weighted by Gasteiger charge is -2.20. The summed E-state index contributed by atoms with van der Waals surface area (Å²) < 4.78 is 48.0. The van der Waals surface area contributed by atoms with Gasteiger partial charge < -0.3 is 4.42 Å². The Morgan fingerprint density at radius 2 is 0.863 bits per heavy atom. The minimum Gasteiger partial charge on any atom is -0.456 e. The molecule has 0 atom stereocenters. The van der Waals surface area contributed by atoms with Gasteiger partial charge in [-0.3, -0.25) is 0 Å². The van der Waals surface area contributed by atoms with Gasteiger partial charge >= 0.3 is 0 Å². The molecule has 1 nitrogen and oxygen atoms in total. The first-order valence-electron chi connectivity index (χ1n) is 19.6. The number of benzene rings is 9. The third-order valence-electron chi connectivity index (χ3n) is 9.99. The highest BCUT2D eigenvalue weighted by atomic mass is 16.3. The van der Waals surface area contributed by atoms with Gasteiger partial charge in [-0.15, -0.1) is 0 Å². The molecule has 1 heteroatoms. The van der Waals surface area contributed by atoms with Gasteiger partial charge in [0.15, 0.2) is 0 Å². The predicted molar refractivity (Wildman–Crippen MR) is 216 cm³/mol. The van der Waals surface area contributed by atoms with Crippen LogP contribution in [0.1, 0.15) is 6.85 Å². The first kappa shape index (κ1) is 24.4. The molecule has 0 aliphatic carbocycles. The van der Waals surface area contributed by atoms with E-state index in [0.717, 1.165) is 88.0 Å². The highest BCUT2D eigenvalue weighted by Gasteiger charge is 2.21. The predicted octanol–water partition coefficient (Wildman–Crippen LogP) is 14.2. The first-order valence-corrected chi connectivity index (χ1v) is 17.1. The standard InChI is InChI=1S/C50H32O/c1-3-14-33(15-4-1)35-26-28-36(29-27-35)38-18-7-8-19-39(38)48-40-20-9-11-22-42(40)49(43-23-12-10-21-41(43)48)45-24-13-25-46-50(45)44-31-30-37(32-47(44)51-46)34-16-5-2-6-17-34/h1-32H/i1D,3D,4D,14D,15D. The Bertz CT molecular complexity index is 3100. The zero-order chi connectivity index (χ0) is 38.1. The quantitative estimate of drug-likeness (QED) is 0.169. The molecule has 9 aromatic carbocycles. The average Bonchev–Trinajstić information content (AvgIpc) is 3.63. The number of furan rings is 1. The van der Waals surface area contributed by atoms with E-state index < -0.39 is 6.04 Å². The molecule has 0 saturated carbocycles. The Kier molecular flexibility index (Phi) is 5.76. The molecule has 0 N–H and O–H groups in total. The van der Waals surface area contributed by atoms with Gasteiger partial charge in [0.1, 0.15) is 11.2 Å². The normalized spacial score (nSPS) is 12.9. The number of fused-ring (bicyclic) bond motifs is 5. The van der Waals surface area contributed by atoms with Crippen LogP contribution in [0.25, 0.3) is 99.1 Å². The lowest BCUT2D eigenvalue weighted by Crippen LogP contribution is -1.93. The molecule has 0 amide bonds. The van der Waals surface area contributed by atoms with Crippen molar-refractivity contribution in [2.45, 2.75) is 0 Å². The maximum Gasteiger partial charge on any atom is 0.136 e. The highest BCUT2D eigenvalue weighted by Crippen LogP contribution is 2.48. The summed E-state index contributed by atoms with van der Waals surface area (Å²) in [4.78, 5) is 0. The molecule has 51 heavy (non-hydrogen) atoms. The van der Waals surface area contributed by atoms with Crippen molar-refractivity contribution in [3.05, 3.63) is 194 Å². The van der Waals surface area contributed by atoms with Crippen LogP contribution in [0.3, 0.4) is 0 Å². The summed E-state index contributed by atoms with van der Waals surface area (Å²) in [6.07, 6.45) is 0. The van der Waals surface area contributed by atoms with Crippen LogP contribution in [0, 0.1) is 0 Å². The van der Waals surface area contributed by atoms with Crippen molar-refractivity contribution in [3.8, 4) is 55.6 Å². The molecule has 0 unspecified atom stereocenters. The van der Waals surface area contributed by atoms with Crippen LogP contribution < -0.4 is 0 Å². The van der Waals surface area contributed by atoms with Gasteiger partial charge in [-0.05, 0) is 95.4 Å². The maximum absolute atomic E-state index is 8.51. The second kappa shape index (κ2) is 12.0. The van der Waals surface area contributed by atoms with Crippen LogP contribution in [0.15, 0.2) is 198 Å². The molecule has 0 fully saturated rings. The Morgan fingerprint density at radius 1 is 0.333 bits per heavy atom. The molecule has 0 bridgehead atoms.